The van der Waals surface area contributed by atoms with Crippen LogP contribution in [0.4, 0.5) is 0 Å². The lowest BCUT2D eigenvalue weighted by Gasteiger charge is -2.09. The summed E-state index contributed by atoms with van der Waals surface area (Å²) in [4.78, 5) is 8.63. The molecule has 0 spiro atoms. The number of aromatic nitrogens is 3. The summed E-state index contributed by atoms with van der Waals surface area (Å²) in [5.41, 5.74) is 3.35. The molecule has 3 heteroatoms. The quantitative estimate of drug-likeness (QED) is 0.682. The molecule has 0 N–H and O–H groups in total. The third kappa shape index (κ3) is 1.80. The fourth-order valence-corrected chi connectivity index (χ4v) is 2.01. The smallest absolute Gasteiger partial charge is 0.144 e. The van der Waals surface area contributed by atoms with Crippen molar-refractivity contribution in [1.82, 2.24) is 14.5 Å². The average molecular weight is 235 g/mol. The summed E-state index contributed by atoms with van der Waals surface area (Å²) in [6.07, 6.45) is 7.45. The molecule has 3 rings (SSSR count). The molecule has 0 saturated heterocycles. The van der Waals surface area contributed by atoms with Gasteiger partial charge < -0.3 is 0 Å². The average Bonchev–Trinajstić information content (AvgIpc) is 2.89. The van der Waals surface area contributed by atoms with Crippen molar-refractivity contribution >= 4 is 0 Å². The van der Waals surface area contributed by atoms with Gasteiger partial charge in [-0.1, -0.05) is 30.3 Å². The van der Waals surface area contributed by atoms with Crippen LogP contribution in [-0.4, -0.2) is 14.5 Å². The minimum atomic E-state index is 0.937. The van der Waals surface area contributed by atoms with Crippen LogP contribution >= 0.6 is 0 Å². The molecule has 0 atom stereocenters. The standard InChI is InChI=1S/C15H13N3/c1-12-7-8-16-11-14(12)18-10-9-17-15(18)13-5-3-2-4-6-13/h2-11H,1H3. The van der Waals surface area contributed by atoms with Crippen LogP contribution in [0.5, 0.6) is 0 Å². The lowest BCUT2D eigenvalue weighted by atomic mass is 10.2. The van der Waals surface area contributed by atoms with Gasteiger partial charge in [-0.25, -0.2) is 4.98 Å². The van der Waals surface area contributed by atoms with Crippen molar-refractivity contribution in [2.45, 2.75) is 6.92 Å². The molecule has 0 aliphatic carbocycles. The Morgan fingerprint density at radius 2 is 1.83 bits per heavy atom. The maximum Gasteiger partial charge on any atom is 0.144 e. The van der Waals surface area contributed by atoms with Crippen LogP contribution in [0, 0.1) is 6.92 Å². The summed E-state index contributed by atoms with van der Waals surface area (Å²) in [5, 5.41) is 0. The Kier molecular flexibility index (Phi) is 2.65. The summed E-state index contributed by atoms with van der Waals surface area (Å²) in [7, 11) is 0. The van der Waals surface area contributed by atoms with Crippen LogP contribution in [0.1, 0.15) is 5.56 Å². The molecule has 0 aliphatic heterocycles. The van der Waals surface area contributed by atoms with E-state index < -0.39 is 0 Å². The lowest BCUT2D eigenvalue weighted by molar-refractivity contribution is 1.03. The van der Waals surface area contributed by atoms with E-state index in [1.165, 1.54) is 5.56 Å². The summed E-state index contributed by atoms with van der Waals surface area (Å²) in [6, 6.07) is 12.2. The third-order valence-corrected chi connectivity index (χ3v) is 2.94. The van der Waals surface area contributed by atoms with Gasteiger partial charge in [-0.15, -0.1) is 0 Å². The van der Waals surface area contributed by atoms with Crippen LogP contribution in [-0.2, 0) is 0 Å². The maximum atomic E-state index is 4.44. The van der Waals surface area contributed by atoms with E-state index in [9.17, 15) is 0 Å². The molecule has 18 heavy (non-hydrogen) atoms. The number of imidazole rings is 1. The second-order valence-corrected chi connectivity index (χ2v) is 4.15. The van der Waals surface area contributed by atoms with Gasteiger partial charge in [0.15, 0.2) is 0 Å². The Bertz CT molecular complexity index is 656. The number of aryl methyl sites for hydroxylation is 1. The summed E-state index contributed by atoms with van der Waals surface area (Å²) >= 11 is 0. The van der Waals surface area contributed by atoms with Crippen LogP contribution < -0.4 is 0 Å². The van der Waals surface area contributed by atoms with Gasteiger partial charge in [-0.2, -0.15) is 0 Å². The number of pyridine rings is 1. The molecule has 3 nitrogen and oxygen atoms in total. The van der Waals surface area contributed by atoms with Crippen LogP contribution in [0.15, 0.2) is 61.2 Å². The van der Waals surface area contributed by atoms with E-state index in [0.29, 0.717) is 0 Å². The Hall–Kier alpha value is -2.42. The van der Waals surface area contributed by atoms with E-state index in [-0.39, 0.29) is 0 Å². The molecule has 1 aromatic carbocycles. The Morgan fingerprint density at radius 3 is 2.61 bits per heavy atom. The second-order valence-electron chi connectivity index (χ2n) is 4.15. The van der Waals surface area contributed by atoms with Gasteiger partial charge in [0.25, 0.3) is 0 Å². The van der Waals surface area contributed by atoms with Crippen molar-refractivity contribution in [3.05, 3.63) is 66.7 Å². The van der Waals surface area contributed by atoms with Crippen molar-refractivity contribution < 1.29 is 0 Å². The van der Waals surface area contributed by atoms with E-state index in [1.807, 2.05) is 42.9 Å². The summed E-state index contributed by atoms with van der Waals surface area (Å²) in [5.74, 6) is 0.937. The van der Waals surface area contributed by atoms with Crippen molar-refractivity contribution in [3.63, 3.8) is 0 Å². The Morgan fingerprint density at radius 1 is 1.00 bits per heavy atom. The zero-order chi connectivity index (χ0) is 12.4. The molecule has 2 aromatic heterocycles. The molecule has 0 unspecified atom stereocenters. The third-order valence-electron chi connectivity index (χ3n) is 2.94. The van der Waals surface area contributed by atoms with Gasteiger partial charge in [0, 0.05) is 24.2 Å². The first kappa shape index (κ1) is 10.7. The van der Waals surface area contributed by atoms with E-state index in [1.54, 1.807) is 6.20 Å². The van der Waals surface area contributed by atoms with E-state index in [4.69, 9.17) is 0 Å². The molecule has 0 amide bonds. The second kappa shape index (κ2) is 4.45. The molecule has 0 aliphatic rings. The molecule has 3 aromatic rings. The Labute approximate surface area is 106 Å². The summed E-state index contributed by atoms with van der Waals surface area (Å²) < 4.78 is 2.07. The minimum absolute atomic E-state index is 0.937. The SMILES string of the molecule is Cc1ccncc1-n1ccnc1-c1ccccc1. The van der Waals surface area contributed by atoms with Gasteiger partial charge in [0.1, 0.15) is 5.82 Å². The maximum absolute atomic E-state index is 4.44. The summed E-state index contributed by atoms with van der Waals surface area (Å²) in [6.45, 7) is 2.08. The largest absolute Gasteiger partial charge is 0.298 e. The van der Waals surface area contributed by atoms with Crippen LogP contribution in [0.2, 0.25) is 0 Å². The molecular weight excluding hydrogens is 222 g/mol. The topological polar surface area (TPSA) is 30.7 Å². The molecular formula is C15H13N3. The molecule has 0 bridgehead atoms. The zero-order valence-electron chi connectivity index (χ0n) is 10.1. The van der Waals surface area contributed by atoms with E-state index in [0.717, 1.165) is 17.1 Å². The molecule has 2 heterocycles. The molecule has 0 fully saturated rings. The first-order chi connectivity index (χ1) is 8.86. The fraction of sp³-hybridized carbons (Fsp3) is 0.0667. The van der Waals surface area contributed by atoms with E-state index >= 15 is 0 Å². The predicted octanol–water partition coefficient (Wildman–Crippen LogP) is 3.24. The van der Waals surface area contributed by atoms with Gasteiger partial charge >= 0.3 is 0 Å². The fourth-order valence-electron chi connectivity index (χ4n) is 2.01. The number of hydrogen-bond acceptors (Lipinski definition) is 2. The predicted molar refractivity (Wildman–Crippen MR) is 71.5 cm³/mol. The first-order valence-electron chi connectivity index (χ1n) is 5.86. The van der Waals surface area contributed by atoms with Crippen molar-refractivity contribution in [2.75, 3.05) is 0 Å². The number of rotatable bonds is 2. The molecule has 0 saturated carbocycles. The highest BCUT2D eigenvalue weighted by atomic mass is 15.1. The lowest BCUT2D eigenvalue weighted by Crippen LogP contribution is -1.99. The van der Waals surface area contributed by atoms with Crippen LogP contribution in [0.3, 0.4) is 0 Å². The number of hydrogen-bond donors (Lipinski definition) is 0. The monoisotopic (exact) mass is 235 g/mol. The van der Waals surface area contributed by atoms with Gasteiger partial charge in [-0.05, 0) is 18.6 Å². The highest BCUT2D eigenvalue weighted by molar-refractivity contribution is 5.59. The van der Waals surface area contributed by atoms with Crippen molar-refractivity contribution in [2.24, 2.45) is 0 Å². The van der Waals surface area contributed by atoms with E-state index in [2.05, 4.69) is 33.6 Å². The number of nitrogens with zero attached hydrogens (tertiary/aromatic N) is 3. The van der Waals surface area contributed by atoms with Gasteiger partial charge in [0.05, 0.1) is 11.9 Å². The highest BCUT2D eigenvalue weighted by Gasteiger charge is 2.08. The Balaban J connectivity index is 2.16. The van der Waals surface area contributed by atoms with Gasteiger partial charge in [0.2, 0.25) is 0 Å². The zero-order valence-corrected chi connectivity index (χ0v) is 10.1. The van der Waals surface area contributed by atoms with Crippen LogP contribution in [0.25, 0.3) is 17.1 Å². The molecule has 88 valence electrons. The van der Waals surface area contributed by atoms with Crippen molar-refractivity contribution in [1.29, 1.82) is 0 Å². The first-order valence-corrected chi connectivity index (χ1v) is 5.86. The number of benzene rings is 1. The van der Waals surface area contributed by atoms with Gasteiger partial charge in [-0.3, -0.25) is 9.55 Å². The highest BCUT2D eigenvalue weighted by Crippen LogP contribution is 2.22. The molecule has 0 radical (unpaired) electrons. The minimum Gasteiger partial charge on any atom is -0.298 e. The normalized spacial score (nSPS) is 10.5. The van der Waals surface area contributed by atoms with Crippen molar-refractivity contribution in [3.8, 4) is 17.1 Å².